The molecule has 0 unspecified atom stereocenters. The molecule has 1 amide bonds. The van der Waals surface area contributed by atoms with E-state index in [9.17, 15) is 4.79 Å². The van der Waals surface area contributed by atoms with E-state index in [0.717, 1.165) is 31.5 Å². The van der Waals surface area contributed by atoms with Gasteiger partial charge in [-0.05, 0) is 24.6 Å². The molecule has 0 saturated carbocycles. The van der Waals surface area contributed by atoms with Gasteiger partial charge in [-0.2, -0.15) is 0 Å². The van der Waals surface area contributed by atoms with Gasteiger partial charge in [-0.25, -0.2) is 0 Å². The first-order valence-corrected chi connectivity index (χ1v) is 6.36. The lowest BCUT2D eigenvalue weighted by Crippen LogP contribution is -2.30. The molecule has 0 saturated heterocycles. The van der Waals surface area contributed by atoms with Crippen LogP contribution in [-0.2, 0) is 4.79 Å². The number of amides is 1. The Bertz CT molecular complexity index is 355. The van der Waals surface area contributed by atoms with Crippen LogP contribution in [-0.4, -0.2) is 19.0 Å². The lowest BCUT2D eigenvalue weighted by atomic mass is 10.2. The van der Waals surface area contributed by atoms with E-state index in [2.05, 4.69) is 17.6 Å². The fourth-order valence-electron chi connectivity index (χ4n) is 1.45. The molecule has 3 nitrogen and oxygen atoms in total. The molecule has 1 aromatic rings. The summed E-state index contributed by atoms with van der Waals surface area (Å²) in [6.07, 6.45) is 3.36. The number of carbonyl (C=O) groups is 1. The van der Waals surface area contributed by atoms with Crippen LogP contribution in [0, 0.1) is 0 Å². The number of hydrogen-bond donors (Lipinski definition) is 2. The van der Waals surface area contributed by atoms with Crippen LogP contribution in [0.2, 0.25) is 5.02 Å². The maximum Gasteiger partial charge on any atom is 0.239 e. The van der Waals surface area contributed by atoms with Crippen LogP contribution in [0.25, 0.3) is 0 Å². The number of anilines is 1. The van der Waals surface area contributed by atoms with Gasteiger partial charge in [0.1, 0.15) is 0 Å². The van der Waals surface area contributed by atoms with E-state index in [1.807, 2.05) is 12.1 Å². The minimum absolute atomic E-state index is 0.0149. The average Bonchev–Trinajstić information content (AvgIpc) is 2.32. The lowest BCUT2D eigenvalue weighted by Gasteiger charge is -2.07. The molecule has 1 aromatic carbocycles. The van der Waals surface area contributed by atoms with E-state index >= 15 is 0 Å². The first-order valence-electron chi connectivity index (χ1n) is 5.98. The Morgan fingerprint density at radius 3 is 2.88 bits per heavy atom. The lowest BCUT2D eigenvalue weighted by molar-refractivity contribution is -0.119. The summed E-state index contributed by atoms with van der Waals surface area (Å²) >= 11 is 5.84. The summed E-state index contributed by atoms with van der Waals surface area (Å²) in [7, 11) is 0. The summed E-state index contributed by atoms with van der Waals surface area (Å²) in [6, 6.07) is 7.34. The predicted octanol–water partition coefficient (Wildman–Crippen LogP) is 3.06. The average molecular weight is 255 g/mol. The van der Waals surface area contributed by atoms with Gasteiger partial charge < -0.3 is 10.6 Å². The molecule has 1 rings (SSSR count). The molecule has 0 aliphatic carbocycles. The van der Waals surface area contributed by atoms with Gasteiger partial charge in [0.15, 0.2) is 0 Å². The largest absolute Gasteiger partial charge is 0.376 e. The number of benzene rings is 1. The summed E-state index contributed by atoms with van der Waals surface area (Å²) in [5.41, 5.74) is 0.862. The molecule has 0 aromatic heterocycles. The van der Waals surface area contributed by atoms with Crippen LogP contribution in [0.15, 0.2) is 24.3 Å². The second-order valence-corrected chi connectivity index (χ2v) is 4.36. The van der Waals surface area contributed by atoms with Gasteiger partial charge >= 0.3 is 0 Å². The van der Waals surface area contributed by atoms with Gasteiger partial charge in [0.05, 0.1) is 6.54 Å². The minimum Gasteiger partial charge on any atom is -0.376 e. The maximum atomic E-state index is 11.5. The zero-order valence-corrected chi connectivity index (χ0v) is 10.9. The Morgan fingerprint density at radius 2 is 2.18 bits per heavy atom. The van der Waals surface area contributed by atoms with Crippen LogP contribution in [0.4, 0.5) is 5.69 Å². The minimum atomic E-state index is 0.0149. The monoisotopic (exact) mass is 254 g/mol. The van der Waals surface area contributed by atoms with Crippen molar-refractivity contribution in [2.75, 3.05) is 18.4 Å². The Labute approximate surface area is 108 Å². The third-order valence-corrected chi connectivity index (χ3v) is 2.62. The van der Waals surface area contributed by atoms with Gasteiger partial charge in [-0.1, -0.05) is 37.4 Å². The normalized spacial score (nSPS) is 10.0. The first kappa shape index (κ1) is 13.8. The van der Waals surface area contributed by atoms with Crippen molar-refractivity contribution in [1.82, 2.24) is 5.32 Å². The highest BCUT2D eigenvalue weighted by Gasteiger charge is 2.00. The molecule has 17 heavy (non-hydrogen) atoms. The highest BCUT2D eigenvalue weighted by Crippen LogP contribution is 2.14. The van der Waals surface area contributed by atoms with E-state index in [4.69, 9.17) is 11.6 Å². The van der Waals surface area contributed by atoms with Gasteiger partial charge in [0.2, 0.25) is 5.91 Å². The molecule has 0 radical (unpaired) electrons. The van der Waals surface area contributed by atoms with E-state index < -0.39 is 0 Å². The number of hydrogen-bond acceptors (Lipinski definition) is 2. The number of carbonyl (C=O) groups excluding carboxylic acids is 1. The van der Waals surface area contributed by atoms with Crippen molar-refractivity contribution in [3.63, 3.8) is 0 Å². The molecule has 0 spiro atoms. The van der Waals surface area contributed by atoms with Crippen LogP contribution < -0.4 is 10.6 Å². The van der Waals surface area contributed by atoms with Crippen LogP contribution in [0.1, 0.15) is 26.2 Å². The van der Waals surface area contributed by atoms with E-state index in [-0.39, 0.29) is 12.5 Å². The van der Waals surface area contributed by atoms with Crippen molar-refractivity contribution in [3.8, 4) is 0 Å². The fourth-order valence-corrected chi connectivity index (χ4v) is 1.64. The molecule has 94 valence electrons. The van der Waals surface area contributed by atoms with Crippen molar-refractivity contribution in [1.29, 1.82) is 0 Å². The molecule has 2 N–H and O–H groups in total. The van der Waals surface area contributed by atoms with Crippen molar-refractivity contribution in [2.45, 2.75) is 26.2 Å². The predicted molar refractivity (Wildman–Crippen MR) is 72.5 cm³/mol. The Hall–Kier alpha value is -1.22. The molecule has 0 atom stereocenters. The third kappa shape index (κ3) is 6.17. The van der Waals surface area contributed by atoms with Crippen LogP contribution in [0.5, 0.6) is 0 Å². The van der Waals surface area contributed by atoms with Crippen molar-refractivity contribution >= 4 is 23.2 Å². The Balaban J connectivity index is 2.19. The van der Waals surface area contributed by atoms with Gasteiger partial charge in [0.25, 0.3) is 0 Å². The number of unbranched alkanes of at least 4 members (excludes halogenated alkanes) is 2. The summed E-state index contributed by atoms with van der Waals surface area (Å²) in [6.45, 7) is 3.18. The summed E-state index contributed by atoms with van der Waals surface area (Å²) in [4.78, 5) is 11.5. The van der Waals surface area contributed by atoms with E-state index in [1.54, 1.807) is 12.1 Å². The molecular formula is C13H19ClN2O. The molecule has 0 heterocycles. The van der Waals surface area contributed by atoms with Gasteiger partial charge in [0, 0.05) is 17.3 Å². The molecule has 0 aliphatic heterocycles. The SMILES string of the molecule is CCCCCNC(=O)CNc1cccc(Cl)c1. The summed E-state index contributed by atoms with van der Waals surface area (Å²) in [5, 5.41) is 6.56. The van der Waals surface area contributed by atoms with Gasteiger partial charge in [-0.3, -0.25) is 4.79 Å². The topological polar surface area (TPSA) is 41.1 Å². The highest BCUT2D eigenvalue weighted by molar-refractivity contribution is 6.30. The highest BCUT2D eigenvalue weighted by atomic mass is 35.5. The van der Waals surface area contributed by atoms with Gasteiger partial charge in [-0.15, -0.1) is 0 Å². The third-order valence-electron chi connectivity index (χ3n) is 2.38. The quantitative estimate of drug-likeness (QED) is 0.735. The van der Waals surface area contributed by atoms with E-state index in [0.29, 0.717) is 5.02 Å². The smallest absolute Gasteiger partial charge is 0.239 e. The number of rotatable bonds is 7. The zero-order chi connectivity index (χ0) is 12.5. The molecule has 0 fully saturated rings. The van der Waals surface area contributed by atoms with Crippen LogP contribution >= 0.6 is 11.6 Å². The molecular weight excluding hydrogens is 236 g/mol. The summed E-state index contributed by atoms with van der Waals surface area (Å²) in [5.74, 6) is 0.0149. The summed E-state index contributed by atoms with van der Waals surface area (Å²) < 4.78 is 0. The molecule has 0 aliphatic rings. The number of halogens is 1. The first-order chi connectivity index (χ1) is 8.22. The van der Waals surface area contributed by atoms with Crippen LogP contribution in [0.3, 0.4) is 0 Å². The van der Waals surface area contributed by atoms with Crippen molar-refractivity contribution in [3.05, 3.63) is 29.3 Å². The standard InChI is InChI=1S/C13H19ClN2O/c1-2-3-4-8-15-13(17)10-16-12-7-5-6-11(14)9-12/h5-7,9,16H,2-4,8,10H2,1H3,(H,15,17). The zero-order valence-electron chi connectivity index (χ0n) is 10.1. The molecule has 0 bridgehead atoms. The Morgan fingerprint density at radius 1 is 1.35 bits per heavy atom. The second kappa shape index (κ2) is 7.96. The Kier molecular flexibility index (Phi) is 6.48. The van der Waals surface area contributed by atoms with E-state index in [1.165, 1.54) is 0 Å². The fraction of sp³-hybridized carbons (Fsp3) is 0.462. The maximum absolute atomic E-state index is 11.5. The number of nitrogens with one attached hydrogen (secondary N) is 2. The molecule has 4 heteroatoms. The van der Waals surface area contributed by atoms with Crippen molar-refractivity contribution in [2.24, 2.45) is 0 Å². The van der Waals surface area contributed by atoms with Crippen molar-refractivity contribution < 1.29 is 4.79 Å². The second-order valence-electron chi connectivity index (χ2n) is 3.92.